The van der Waals surface area contributed by atoms with Crippen LogP contribution in [0.3, 0.4) is 0 Å². The van der Waals surface area contributed by atoms with Gasteiger partial charge in [-0.25, -0.2) is 0 Å². The molecule has 2 aromatic rings. The summed E-state index contributed by atoms with van der Waals surface area (Å²) in [5, 5.41) is 0.717. The van der Waals surface area contributed by atoms with Gasteiger partial charge < -0.3 is 4.57 Å². The number of benzene rings is 1. The van der Waals surface area contributed by atoms with Crippen molar-refractivity contribution in [2.24, 2.45) is 5.92 Å². The molecular weight excluding hydrogens is 258 g/mol. The van der Waals surface area contributed by atoms with Crippen LogP contribution in [0.15, 0.2) is 30.3 Å². The van der Waals surface area contributed by atoms with Crippen molar-refractivity contribution in [3.63, 3.8) is 0 Å². The zero-order chi connectivity index (χ0) is 13.6. The van der Waals surface area contributed by atoms with E-state index in [4.69, 9.17) is 11.6 Å². The second kappa shape index (κ2) is 4.53. The normalized spacial score (nSPS) is 18.5. The van der Waals surface area contributed by atoms with Crippen molar-refractivity contribution in [2.45, 2.75) is 26.7 Å². The molecule has 3 rings (SSSR count). The van der Waals surface area contributed by atoms with E-state index in [-0.39, 0.29) is 5.78 Å². The number of rotatable bonds is 1. The molecule has 0 fully saturated rings. The molecule has 0 N–H and O–H groups in total. The second-order valence-electron chi connectivity index (χ2n) is 5.40. The maximum absolute atomic E-state index is 12.1. The molecule has 0 spiro atoms. The summed E-state index contributed by atoms with van der Waals surface area (Å²) in [6.07, 6.45) is 1.60. The Labute approximate surface area is 118 Å². The lowest BCUT2D eigenvalue weighted by Gasteiger charge is -2.20. The molecule has 0 saturated heterocycles. The average molecular weight is 274 g/mol. The van der Waals surface area contributed by atoms with Crippen LogP contribution in [-0.2, 0) is 6.42 Å². The summed E-state index contributed by atoms with van der Waals surface area (Å²) in [6, 6.07) is 9.79. The number of Topliss-reactive ketones (excluding diaryl/α,β-unsaturated/α-hetero) is 1. The third-order valence-corrected chi connectivity index (χ3v) is 3.96. The minimum Gasteiger partial charge on any atom is -0.317 e. The highest BCUT2D eigenvalue weighted by molar-refractivity contribution is 6.30. The van der Waals surface area contributed by atoms with Crippen molar-refractivity contribution in [2.75, 3.05) is 0 Å². The van der Waals surface area contributed by atoms with E-state index < -0.39 is 0 Å². The first-order chi connectivity index (χ1) is 9.06. The van der Waals surface area contributed by atoms with Gasteiger partial charge in [-0.1, -0.05) is 24.6 Å². The first kappa shape index (κ1) is 12.5. The Morgan fingerprint density at radius 3 is 2.79 bits per heavy atom. The van der Waals surface area contributed by atoms with Gasteiger partial charge in [0, 0.05) is 34.1 Å². The van der Waals surface area contributed by atoms with Crippen molar-refractivity contribution >= 4 is 17.4 Å². The van der Waals surface area contributed by atoms with Crippen LogP contribution in [0.25, 0.3) is 5.69 Å². The molecule has 1 heterocycles. The van der Waals surface area contributed by atoms with Gasteiger partial charge in [0.25, 0.3) is 0 Å². The van der Waals surface area contributed by atoms with Crippen LogP contribution in [0, 0.1) is 12.8 Å². The molecule has 1 aromatic heterocycles. The fourth-order valence-electron chi connectivity index (χ4n) is 2.94. The fourth-order valence-corrected chi connectivity index (χ4v) is 3.12. The van der Waals surface area contributed by atoms with Crippen LogP contribution in [0.1, 0.15) is 35.1 Å². The number of fused-ring (bicyclic) bond motifs is 1. The highest BCUT2D eigenvalue weighted by Crippen LogP contribution is 2.31. The predicted octanol–water partition coefficient (Wildman–Crippen LogP) is 4.20. The lowest BCUT2D eigenvalue weighted by molar-refractivity contribution is 0.0952. The number of hydrogen-bond acceptors (Lipinski definition) is 1. The van der Waals surface area contributed by atoms with E-state index in [0.29, 0.717) is 12.3 Å². The van der Waals surface area contributed by atoms with Crippen LogP contribution < -0.4 is 0 Å². The van der Waals surface area contributed by atoms with E-state index in [1.54, 1.807) is 0 Å². The molecule has 1 aliphatic rings. The fraction of sp³-hybridized carbons (Fsp3) is 0.312. The van der Waals surface area contributed by atoms with Crippen LogP contribution in [0.2, 0.25) is 5.02 Å². The maximum atomic E-state index is 12.1. The van der Waals surface area contributed by atoms with Crippen molar-refractivity contribution in [3.8, 4) is 5.69 Å². The average Bonchev–Trinajstić information content (AvgIpc) is 2.66. The maximum Gasteiger partial charge on any atom is 0.164 e. The number of ketones is 1. The summed E-state index contributed by atoms with van der Waals surface area (Å²) in [4.78, 5) is 12.1. The van der Waals surface area contributed by atoms with E-state index in [0.717, 1.165) is 34.1 Å². The molecule has 0 aliphatic heterocycles. The summed E-state index contributed by atoms with van der Waals surface area (Å²) in [5.74, 6) is 0.671. The number of hydrogen-bond donors (Lipinski definition) is 0. The van der Waals surface area contributed by atoms with E-state index in [1.165, 1.54) is 0 Å². The van der Waals surface area contributed by atoms with Crippen molar-refractivity contribution in [3.05, 3.63) is 52.3 Å². The van der Waals surface area contributed by atoms with Crippen LogP contribution in [0.5, 0.6) is 0 Å². The molecule has 0 amide bonds. The van der Waals surface area contributed by atoms with Gasteiger partial charge in [0.05, 0.1) is 0 Å². The van der Waals surface area contributed by atoms with E-state index in [9.17, 15) is 4.79 Å². The predicted molar refractivity (Wildman–Crippen MR) is 77.3 cm³/mol. The third kappa shape index (κ3) is 2.10. The lowest BCUT2D eigenvalue weighted by atomic mass is 9.88. The van der Waals surface area contributed by atoms with Crippen LogP contribution in [-0.4, -0.2) is 10.4 Å². The summed E-state index contributed by atoms with van der Waals surface area (Å²) in [6.45, 7) is 4.17. The first-order valence-corrected chi connectivity index (χ1v) is 6.94. The Hall–Kier alpha value is -1.54. The molecule has 98 valence electrons. The molecular formula is C16H16ClNO. The summed E-state index contributed by atoms with van der Waals surface area (Å²) in [5.41, 5.74) is 4.14. The number of aromatic nitrogens is 1. The minimum absolute atomic E-state index is 0.262. The lowest BCUT2D eigenvalue weighted by Crippen LogP contribution is -2.19. The van der Waals surface area contributed by atoms with Gasteiger partial charge in [-0.3, -0.25) is 4.79 Å². The molecule has 2 nitrogen and oxygen atoms in total. The number of carbonyl (C=O) groups excluding carboxylic acids is 1. The minimum atomic E-state index is 0.262. The molecule has 0 bridgehead atoms. The third-order valence-electron chi connectivity index (χ3n) is 3.73. The summed E-state index contributed by atoms with van der Waals surface area (Å²) >= 11 is 6.07. The van der Waals surface area contributed by atoms with E-state index >= 15 is 0 Å². The zero-order valence-electron chi connectivity index (χ0n) is 11.1. The van der Waals surface area contributed by atoms with Gasteiger partial charge in [-0.05, 0) is 43.5 Å². The summed E-state index contributed by atoms with van der Waals surface area (Å²) < 4.78 is 2.16. The van der Waals surface area contributed by atoms with Crippen LogP contribution in [0.4, 0.5) is 0 Å². The number of aryl methyl sites for hydroxylation is 1. The van der Waals surface area contributed by atoms with Crippen molar-refractivity contribution < 1.29 is 4.79 Å². The highest BCUT2D eigenvalue weighted by Gasteiger charge is 2.27. The highest BCUT2D eigenvalue weighted by atomic mass is 35.5. The van der Waals surface area contributed by atoms with Gasteiger partial charge in [0.1, 0.15) is 0 Å². The molecule has 1 atom stereocenters. The molecule has 0 radical (unpaired) electrons. The molecule has 0 saturated carbocycles. The Balaban J connectivity index is 2.20. The molecule has 0 unspecified atom stereocenters. The van der Waals surface area contributed by atoms with Gasteiger partial charge in [-0.15, -0.1) is 0 Å². The van der Waals surface area contributed by atoms with E-state index in [1.807, 2.05) is 37.3 Å². The van der Waals surface area contributed by atoms with Crippen molar-refractivity contribution in [1.29, 1.82) is 0 Å². The zero-order valence-corrected chi connectivity index (χ0v) is 11.9. The number of halogens is 1. The van der Waals surface area contributed by atoms with Crippen molar-refractivity contribution in [1.82, 2.24) is 4.57 Å². The largest absolute Gasteiger partial charge is 0.317 e. The monoisotopic (exact) mass is 273 g/mol. The van der Waals surface area contributed by atoms with Gasteiger partial charge in [-0.2, -0.15) is 0 Å². The first-order valence-electron chi connectivity index (χ1n) is 6.56. The quantitative estimate of drug-likeness (QED) is 0.763. The summed E-state index contributed by atoms with van der Waals surface area (Å²) in [7, 11) is 0. The Bertz CT molecular complexity index is 657. The van der Waals surface area contributed by atoms with Gasteiger partial charge in [0.15, 0.2) is 5.78 Å². The number of nitrogens with zero attached hydrogens (tertiary/aromatic N) is 1. The molecule has 19 heavy (non-hydrogen) atoms. The molecule has 1 aromatic carbocycles. The SMILES string of the molecule is Cc1cc2c(n1-c1cccc(Cl)c1)C[C@@H](C)CC2=O. The molecule has 3 heteroatoms. The Kier molecular flexibility index (Phi) is 2.98. The smallest absolute Gasteiger partial charge is 0.164 e. The van der Waals surface area contributed by atoms with E-state index in [2.05, 4.69) is 11.5 Å². The van der Waals surface area contributed by atoms with Crippen LogP contribution >= 0.6 is 11.6 Å². The Morgan fingerprint density at radius 1 is 1.26 bits per heavy atom. The molecule has 1 aliphatic carbocycles. The van der Waals surface area contributed by atoms with Gasteiger partial charge >= 0.3 is 0 Å². The topological polar surface area (TPSA) is 22.0 Å². The number of carbonyl (C=O) groups is 1. The standard InChI is InChI=1S/C16H16ClNO/c1-10-6-15-14(16(19)7-10)8-11(2)18(15)13-5-3-4-12(17)9-13/h3-5,8-10H,6-7H2,1-2H3/t10-/m1/s1. The van der Waals surface area contributed by atoms with Gasteiger partial charge in [0.2, 0.25) is 0 Å². The Morgan fingerprint density at radius 2 is 2.05 bits per heavy atom. The second-order valence-corrected chi connectivity index (χ2v) is 5.83.